The van der Waals surface area contributed by atoms with E-state index in [2.05, 4.69) is 26.9 Å². The van der Waals surface area contributed by atoms with E-state index >= 15 is 0 Å². The SMILES string of the molecule is CCc1nccn1CCCNC(=O)[C@@H](C)n1cc(Cl)cn1. The lowest BCUT2D eigenvalue weighted by atomic mass is 10.3. The second kappa shape index (κ2) is 7.26. The van der Waals surface area contributed by atoms with Crippen molar-refractivity contribution in [3.05, 3.63) is 35.6 Å². The van der Waals surface area contributed by atoms with Crippen LogP contribution >= 0.6 is 11.6 Å². The van der Waals surface area contributed by atoms with E-state index in [1.807, 2.05) is 6.20 Å². The van der Waals surface area contributed by atoms with Gasteiger partial charge in [-0.2, -0.15) is 5.10 Å². The molecule has 114 valence electrons. The second-order valence-corrected chi connectivity index (χ2v) is 5.29. The summed E-state index contributed by atoms with van der Waals surface area (Å²) in [6, 6.07) is -0.364. The Morgan fingerprint density at radius 1 is 1.52 bits per heavy atom. The van der Waals surface area contributed by atoms with Gasteiger partial charge in [0, 0.05) is 38.1 Å². The third-order valence-electron chi connectivity index (χ3n) is 3.34. The van der Waals surface area contributed by atoms with Gasteiger partial charge in [-0.15, -0.1) is 0 Å². The molecule has 0 aliphatic heterocycles. The van der Waals surface area contributed by atoms with Gasteiger partial charge in [0.25, 0.3) is 0 Å². The third kappa shape index (κ3) is 4.07. The van der Waals surface area contributed by atoms with E-state index in [0.717, 1.165) is 25.2 Å². The van der Waals surface area contributed by atoms with Crippen LogP contribution in [0.25, 0.3) is 0 Å². The highest BCUT2D eigenvalue weighted by Gasteiger charge is 2.15. The molecule has 2 heterocycles. The van der Waals surface area contributed by atoms with Crippen molar-refractivity contribution >= 4 is 17.5 Å². The molecule has 1 N–H and O–H groups in total. The first-order valence-corrected chi connectivity index (χ1v) is 7.47. The highest BCUT2D eigenvalue weighted by molar-refractivity contribution is 6.30. The maximum atomic E-state index is 12.0. The van der Waals surface area contributed by atoms with Gasteiger partial charge in [-0.05, 0) is 13.3 Å². The molecule has 1 amide bonds. The highest BCUT2D eigenvalue weighted by atomic mass is 35.5. The summed E-state index contributed by atoms with van der Waals surface area (Å²) >= 11 is 5.80. The van der Waals surface area contributed by atoms with E-state index in [-0.39, 0.29) is 11.9 Å². The standard InChI is InChI=1S/C14H20ClN5O/c1-3-13-16-6-8-19(13)7-4-5-17-14(21)11(2)20-10-12(15)9-18-20/h6,8-11H,3-5,7H2,1-2H3,(H,17,21)/t11-/m1/s1. The van der Waals surface area contributed by atoms with Gasteiger partial charge in [0.2, 0.25) is 5.91 Å². The molecule has 0 bridgehead atoms. The Hall–Kier alpha value is -1.82. The molecular formula is C14H20ClN5O. The Labute approximate surface area is 129 Å². The van der Waals surface area contributed by atoms with Crippen molar-refractivity contribution in [1.29, 1.82) is 0 Å². The summed E-state index contributed by atoms with van der Waals surface area (Å²) in [6.07, 6.45) is 8.72. The number of aryl methyl sites for hydroxylation is 2. The van der Waals surface area contributed by atoms with Gasteiger partial charge in [-0.25, -0.2) is 4.98 Å². The molecule has 2 aromatic heterocycles. The molecule has 0 aliphatic rings. The average molecular weight is 310 g/mol. The molecule has 0 fully saturated rings. The molecule has 0 aromatic carbocycles. The highest BCUT2D eigenvalue weighted by Crippen LogP contribution is 2.10. The second-order valence-electron chi connectivity index (χ2n) is 4.85. The number of halogens is 1. The van der Waals surface area contributed by atoms with Crippen molar-refractivity contribution in [1.82, 2.24) is 24.6 Å². The molecule has 0 unspecified atom stereocenters. The Morgan fingerprint density at radius 3 is 3.00 bits per heavy atom. The molecular weight excluding hydrogens is 290 g/mol. The van der Waals surface area contributed by atoms with Crippen molar-refractivity contribution in [3.63, 3.8) is 0 Å². The smallest absolute Gasteiger partial charge is 0.244 e. The minimum Gasteiger partial charge on any atom is -0.354 e. The van der Waals surface area contributed by atoms with E-state index in [0.29, 0.717) is 11.6 Å². The summed E-state index contributed by atoms with van der Waals surface area (Å²) in [6.45, 7) is 5.35. The predicted molar refractivity (Wildman–Crippen MR) is 81.2 cm³/mol. The largest absolute Gasteiger partial charge is 0.354 e. The molecule has 21 heavy (non-hydrogen) atoms. The van der Waals surface area contributed by atoms with Crippen LogP contribution in [0.4, 0.5) is 0 Å². The van der Waals surface area contributed by atoms with Gasteiger partial charge in [-0.1, -0.05) is 18.5 Å². The van der Waals surface area contributed by atoms with E-state index in [4.69, 9.17) is 11.6 Å². The van der Waals surface area contributed by atoms with Gasteiger partial charge in [-0.3, -0.25) is 9.48 Å². The van der Waals surface area contributed by atoms with Gasteiger partial charge in [0.1, 0.15) is 11.9 Å². The van der Waals surface area contributed by atoms with Crippen LogP contribution in [-0.4, -0.2) is 31.8 Å². The minimum absolute atomic E-state index is 0.0592. The van der Waals surface area contributed by atoms with Crippen LogP contribution in [-0.2, 0) is 17.8 Å². The normalized spacial score (nSPS) is 12.3. The lowest BCUT2D eigenvalue weighted by molar-refractivity contribution is -0.124. The van der Waals surface area contributed by atoms with E-state index in [1.165, 1.54) is 6.20 Å². The first kappa shape index (κ1) is 15.6. The van der Waals surface area contributed by atoms with E-state index in [1.54, 1.807) is 24.0 Å². The zero-order valence-electron chi connectivity index (χ0n) is 12.3. The Morgan fingerprint density at radius 2 is 2.33 bits per heavy atom. The number of hydrogen-bond acceptors (Lipinski definition) is 3. The number of nitrogens with zero attached hydrogens (tertiary/aromatic N) is 4. The monoisotopic (exact) mass is 309 g/mol. The first-order chi connectivity index (χ1) is 10.1. The Bertz CT molecular complexity index is 592. The van der Waals surface area contributed by atoms with Crippen LogP contribution in [0.2, 0.25) is 5.02 Å². The van der Waals surface area contributed by atoms with Gasteiger partial charge in [0.05, 0.1) is 11.2 Å². The predicted octanol–water partition coefficient (Wildman–Crippen LogP) is 2.06. The van der Waals surface area contributed by atoms with Gasteiger partial charge in [0.15, 0.2) is 0 Å². The topological polar surface area (TPSA) is 64.7 Å². The number of hydrogen-bond donors (Lipinski definition) is 1. The minimum atomic E-state index is -0.364. The number of carbonyl (C=O) groups is 1. The van der Waals surface area contributed by atoms with E-state index < -0.39 is 0 Å². The van der Waals surface area contributed by atoms with Crippen LogP contribution in [0, 0.1) is 0 Å². The van der Waals surface area contributed by atoms with Crippen LogP contribution < -0.4 is 5.32 Å². The number of aromatic nitrogens is 4. The molecule has 0 saturated heterocycles. The average Bonchev–Trinajstić information content (AvgIpc) is 3.10. The number of carbonyl (C=O) groups excluding carboxylic acids is 1. The summed E-state index contributed by atoms with van der Waals surface area (Å²) < 4.78 is 3.67. The quantitative estimate of drug-likeness (QED) is 0.796. The summed E-state index contributed by atoms with van der Waals surface area (Å²) in [5, 5.41) is 7.48. The molecule has 2 aromatic rings. The van der Waals surface area contributed by atoms with Crippen molar-refractivity contribution in [2.75, 3.05) is 6.54 Å². The summed E-state index contributed by atoms with van der Waals surface area (Å²) in [4.78, 5) is 16.3. The van der Waals surface area contributed by atoms with Crippen molar-refractivity contribution < 1.29 is 4.79 Å². The van der Waals surface area contributed by atoms with Crippen molar-refractivity contribution in [3.8, 4) is 0 Å². The fourth-order valence-electron chi connectivity index (χ4n) is 2.11. The molecule has 1 atom stereocenters. The molecule has 6 nitrogen and oxygen atoms in total. The van der Waals surface area contributed by atoms with Crippen LogP contribution in [0.15, 0.2) is 24.8 Å². The number of rotatable bonds is 7. The molecule has 7 heteroatoms. The first-order valence-electron chi connectivity index (χ1n) is 7.09. The molecule has 0 saturated carbocycles. The Balaban J connectivity index is 1.74. The zero-order valence-corrected chi connectivity index (χ0v) is 13.0. The summed E-state index contributed by atoms with van der Waals surface area (Å²) in [7, 11) is 0. The summed E-state index contributed by atoms with van der Waals surface area (Å²) in [5.74, 6) is 1.01. The summed E-state index contributed by atoms with van der Waals surface area (Å²) in [5.41, 5.74) is 0. The van der Waals surface area contributed by atoms with Crippen molar-refractivity contribution in [2.45, 2.75) is 39.3 Å². The number of nitrogens with one attached hydrogen (secondary N) is 1. The maximum Gasteiger partial charge on any atom is 0.244 e. The van der Waals surface area contributed by atoms with Gasteiger partial charge < -0.3 is 9.88 Å². The lowest BCUT2D eigenvalue weighted by Gasteiger charge is -2.13. The Kier molecular flexibility index (Phi) is 5.38. The number of imidazole rings is 1. The van der Waals surface area contributed by atoms with Crippen LogP contribution in [0.1, 0.15) is 32.1 Å². The fourth-order valence-corrected chi connectivity index (χ4v) is 2.26. The molecule has 0 radical (unpaired) electrons. The third-order valence-corrected chi connectivity index (χ3v) is 3.53. The van der Waals surface area contributed by atoms with Crippen LogP contribution in [0.3, 0.4) is 0 Å². The lowest BCUT2D eigenvalue weighted by Crippen LogP contribution is -2.32. The number of amides is 1. The van der Waals surface area contributed by atoms with Crippen LogP contribution in [0.5, 0.6) is 0 Å². The molecule has 2 rings (SSSR count). The van der Waals surface area contributed by atoms with E-state index in [9.17, 15) is 4.79 Å². The van der Waals surface area contributed by atoms with Crippen molar-refractivity contribution in [2.24, 2.45) is 0 Å². The maximum absolute atomic E-state index is 12.0. The fraction of sp³-hybridized carbons (Fsp3) is 0.500. The molecule has 0 aliphatic carbocycles. The molecule has 0 spiro atoms. The zero-order chi connectivity index (χ0) is 15.2. The van der Waals surface area contributed by atoms with Gasteiger partial charge >= 0.3 is 0 Å².